The van der Waals surface area contributed by atoms with E-state index in [2.05, 4.69) is 58.7 Å². The summed E-state index contributed by atoms with van der Waals surface area (Å²) in [5, 5.41) is 11.0. The zero-order valence-corrected chi connectivity index (χ0v) is 20.7. The first-order valence-corrected chi connectivity index (χ1v) is 11.0. The lowest BCUT2D eigenvalue weighted by Crippen LogP contribution is -2.38. The lowest BCUT2D eigenvalue weighted by Gasteiger charge is -2.30. The zero-order valence-electron chi connectivity index (χ0n) is 18.4. The predicted octanol–water partition coefficient (Wildman–Crippen LogP) is 3.88. The number of nitrogens with zero attached hydrogens (tertiary/aromatic N) is 4. The molecule has 0 saturated carbocycles. The summed E-state index contributed by atoms with van der Waals surface area (Å²) in [6, 6.07) is 10.9. The minimum atomic E-state index is 0. The van der Waals surface area contributed by atoms with Crippen LogP contribution in [0.5, 0.6) is 0 Å². The van der Waals surface area contributed by atoms with E-state index in [4.69, 9.17) is 4.99 Å². The normalized spacial score (nSPS) is 15.6. The first-order chi connectivity index (χ1) is 14.2. The van der Waals surface area contributed by atoms with Gasteiger partial charge in [-0.15, -0.1) is 24.0 Å². The molecule has 0 amide bonds. The number of piperidine rings is 1. The Bertz CT molecular complexity index is 721. The summed E-state index contributed by atoms with van der Waals surface area (Å²) >= 11 is 0. The monoisotopic (exact) mass is 524 g/mol. The highest BCUT2D eigenvalue weighted by Gasteiger charge is 2.15. The molecule has 2 N–H and O–H groups in total. The second kappa shape index (κ2) is 13.6. The second-order valence-corrected chi connectivity index (χ2v) is 8.02. The van der Waals surface area contributed by atoms with Crippen molar-refractivity contribution in [1.29, 1.82) is 0 Å². The fourth-order valence-electron chi connectivity index (χ4n) is 3.62. The highest BCUT2D eigenvalue weighted by atomic mass is 127. The second-order valence-electron chi connectivity index (χ2n) is 8.02. The maximum absolute atomic E-state index is 4.73. The van der Waals surface area contributed by atoms with Crippen LogP contribution in [0, 0.1) is 5.92 Å². The van der Waals surface area contributed by atoms with Gasteiger partial charge in [0.2, 0.25) is 0 Å². The third-order valence-electron chi connectivity index (χ3n) is 5.48. The van der Waals surface area contributed by atoms with Crippen molar-refractivity contribution in [2.75, 3.05) is 26.2 Å². The van der Waals surface area contributed by atoms with E-state index in [1.54, 1.807) is 0 Å². The van der Waals surface area contributed by atoms with Crippen LogP contribution in [-0.2, 0) is 19.6 Å². The van der Waals surface area contributed by atoms with Crippen molar-refractivity contribution >= 4 is 29.9 Å². The maximum atomic E-state index is 4.73. The summed E-state index contributed by atoms with van der Waals surface area (Å²) < 4.78 is 1.96. The molecule has 0 radical (unpaired) electrons. The van der Waals surface area contributed by atoms with Crippen LogP contribution < -0.4 is 10.6 Å². The Hall–Kier alpha value is -1.61. The molecule has 1 saturated heterocycles. The molecule has 1 aliphatic heterocycles. The van der Waals surface area contributed by atoms with Gasteiger partial charge in [-0.2, -0.15) is 5.10 Å². The number of rotatable bonds is 9. The highest BCUT2D eigenvalue weighted by molar-refractivity contribution is 14.0. The number of likely N-dealkylation sites (tertiary alicyclic amines) is 1. The van der Waals surface area contributed by atoms with Crippen LogP contribution in [0.25, 0.3) is 0 Å². The molecule has 2 aromatic rings. The molecule has 0 bridgehead atoms. The Labute approximate surface area is 198 Å². The summed E-state index contributed by atoms with van der Waals surface area (Å²) in [6.07, 6.45) is 7.48. The lowest BCUT2D eigenvalue weighted by atomic mass is 9.99. The van der Waals surface area contributed by atoms with Gasteiger partial charge < -0.3 is 10.6 Å². The van der Waals surface area contributed by atoms with Crippen molar-refractivity contribution < 1.29 is 0 Å². The molecule has 166 valence electrons. The molecular weight excluding hydrogens is 487 g/mol. The van der Waals surface area contributed by atoms with Crippen LogP contribution in [-0.4, -0.2) is 46.8 Å². The molecule has 1 aliphatic rings. The fraction of sp³-hybridized carbons (Fsp3) is 0.565. The van der Waals surface area contributed by atoms with E-state index < -0.39 is 0 Å². The van der Waals surface area contributed by atoms with E-state index in [0.717, 1.165) is 44.5 Å². The standard InChI is InChI=1S/C23H36N6.HI/c1-3-24-23(25-12-4-14-29-15-5-13-27-29)26-18-21-6-8-22(9-7-21)19-28-16-10-20(2)11-17-28;/h5-9,13,15,20H,3-4,10-12,14,16-19H2,1-2H3,(H2,24,25,26);1H. The Morgan fingerprint density at radius 2 is 1.87 bits per heavy atom. The predicted molar refractivity (Wildman–Crippen MR) is 135 cm³/mol. The first kappa shape index (κ1) is 24.7. The van der Waals surface area contributed by atoms with Gasteiger partial charge in [0.15, 0.2) is 5.96 Å². The first-order valence-electron chi connectivity index (χ1n) is 11.0. The third kappa shape index (κ3) is 8.63. The number of benzene rings is 1. The minimum Gasteiger partial charge on any atom is -0.357 e. The minimum absolute atomic E-state index is 0. The Morgan fingerprint density at radius 1 is 1.13 bits per heavy atom. The van der Waals surface area contributed by atoms with Crippen molar-refractivity contribution in [3.8, 4) is 0 Å². The molecule has 1 aromatic heterocycles. The summed E-state index contributed by atoms with van der Waals surface area (Å²) in [5.41, 5.74) is 2.64. The fourth-order valence-corrected chi connectivity index (χ4v) is 3.62. The van der Waals surface area contributed by atoms with Crippen LogP contribution >= 0.6 is 24.0 Å². The van der Waals surface area contributed by atoms with E-state index in [1.807, 2.05) is 23.1 Å². The van der Waals surface area contributed by atoms with Gasteiger partial charge >= 0.3 is 0 Å². The molecule has 0 aliphatic carbocycles. The number of hydrogen-bond donors (Lipinski definition) is 2. The highest BCUT2D eigenvalue weighted by Crippen LogP contribution is 2.18. The average molecular weight is 524 g/mol. The van der Waals surface area contributed by atoms with Gasteiger partial charge in [-0.1, -0.05) is 31.2 Å². The van der Waals surface area contributed by atoms with Crippen LogP contribution in [0.2, 0.25) is 0 Å². The van der Waals surface area contributed by atoms with E-state index >= 15 is 0 Å². The van der Waals surface area contributed by atoms with Crippen molar-refractivity contribution in [3.63, 3.8) is 0 Å². The van der Waals surface area contributed by atoms with Gasteiger partial charge in [0.25, 0.3) is 0 Å². The molecule has 6 nitrogen and oxygen atoms in total. The third-order valence-corrected chi connectivity index (χ3v) is 5.48. The number of guanidine groups is 1. The van der Waals surface area contributed by atoms with Crippen LogP contribution in [0.3, 0.4) is 0 Å². The molecule has 1 aromatic carbocycles. The van der Waals surface area contributed by atoms with E-state index in [0.29, 0.717) is 6.54 Å². The van der Waals surface area contributed by atoms with E-state index in [1.165, 1.54) is 37.1 Å². The molecular formula is C23H37IN6. The molecule has 0 unspecified atom stereocenters. The van der Waals surface area contributed by atoms with Crippen LogP contribution in [0.15, 0.2) is 47.7 Å². The zero-order chi connectivity index (χ0) is 20.3. The molecule has 3 rings (SSSR count). The number of hydrogen-bond acceptors (Lipinski definition) is 3. The molecule has 7 heteroatoms. The summed E-state index contributed by atoms with van der Waals surface area (Å²) in [6.45, 7) is 11.3. The molecule has 30 heavy (non-hydrogen) atoms. The number of aryl methyl sites for hydroxylation is 1. The topological polar surface area (TPSA) is 57.5 Å². The Balaban J connectivity index is 0.00000320. The number of nitrogens with one attached hydrogen (secondary N) is 2. The maximum Gasteiger partial charge on any atom is 0.191 e. The molecule has 0 atom stereocenters. The van der Waals surface area contributed by atoms with Gasteiger partial charge in [0.1, 0.15) is 0 Å². The van der Waals surface area contributed by atoms with Crippen molar-refractivity contribution in [2.45, 2.75) is 52.7 Å². The SMILES string of the molecule is CCNC(=NCc1ccc(CN2CCC(C)CC2)cc1)NCCCn1cccn1.I. The van der Waals surface area contributed by atoms with Crippen LogP contribution in [0.4, 0.5) is 0 Å². The number of aromatic nitrogens is 2. The van der Waals surface area contributed by atoms with E-state index in [9.17, 15) is 0 Å². The van der Waals surface area contributed by atoms with Crippen LogP contribution in [0.1, 0.15) is 44.2 Å². The Kier molecular flexibility index (Phi) is 11.2. The number of aliphatic imine (C=N–C) groups is 1. The smallest absolute Gasteiger partial charge is 0.191 e. The molecule has 2 heterocycles. The molecule has 0 spiro atoms. The Morgan fingerprint density at radius 3 is 2.53 bits per heavy atom. The summed E-state index contributed by atoms with van der Waals surface area (Å²) in [5.74, 6) is 1.76. The average Bonchev–Trinajstić information content (AvgIpc) is 3.25. The summed E-state index contributed by atoms with van der Waals surface area (Å²) in [7, 11) is 0. The van der Waals surface area contributed by atoms with Gasteiger partial charge in [0.05, 0.1) is 6.54 Å². The number of halogens is 1. The van der Waals surface area contributed by atoms with E-state index in [-0.39, 0.29) is 24.0 Å². The van der Waals surface area contributed by atoms with Crippen molar-refractivity contribution in [1.82, 2.24) is 25.3 Å². The molecule has 1 fully saturated rings. The van der Waals surface area contributed by atoms with Gasteiger partial charge in [0, 0.05) is 38.6 Å². The van der Waals surface area contributed by atoms with Crippen molar-refractivity contribution in [2.24, 2.45) is 10.9 Å². The van der Waals surface area contributed by atoms with Crippen molar-refractivity contribution in [3.05, 3.63) is 53.9 Å². The van der Waals surface area contributed by atoms with Gasteiger partial charge in [-0.25, -0.2) is 4.99 Å². The lowest BCUT2D eigenvalue weighted by molar-refractivity contribution is 0.185. The quantitative estimate of drug-likeness (QED) is 0.226. The summed E-state index contributed by atoms with van der Waals surface area (Å²) in [4.78, 5) is 7.31. The van der Waals surface area contributed by atoms with Gasteiger partial charge in [-0.05, 0) is 62.4 Å². The largest absolute Gasteiger partial charge is 0.357 e. The van der Waals surface area contributed by atoms with Gasteiger partial charge in [-0.3, -0.25) is 9.58 Å².